The van der Waals surface area contributed by atoms with Crippen LogP contribution in [0.25, 0.3) is 0 Å². The van der Waals surface area contributed by atoms with Gasteiger partial charge in [-0.25, -0.2) is 4.79 Å². The molecule has 0 saturated heterocycles. The summed E-state index contributed by atoms with van der Waals surface area (Å²) in [6, 6.07) is 31.3. The lowest BCUT2D eigenvalue weighted by Gasteiger charge is -2.38. The van der Waals surface area contributed by atoms with Gasteiger partial charge in [0, 0.05) is 24.4 Å². The minimum atomic E-state index is -0.408. The lowest BCUT2D eigenvalue weighted by atomic mass is 9.65. The van der Waals surface area contributed by atoms with Gasteiger partial charge in [0.1, 0.15) is 17.2 Å². The van der Waals surface area contributed by atoms with E-state index in [1.54, 1.807) is 19.2 Å². The van der Waals surface area contributed by atoms with Gasteiger partial charge in [0.2, 0.25) is 0 Å². The average molecular weight is 671 g/mol. The number of aliphatic hydroxyl groups excluding tert-OH is 1. The fourth-order valence-electron chi connectivity index (χ4n) is 6.74. The molecule has 1 N–H and O–H groups in total. The van der Waals surface area contributed by atoms with Crippen LogP contribution in [0.4, 0.5) is 0 Å². The third-order valence-electron chi connectivity index (χ3n) is 9.31. The second-order valence-corrected chi connectivity index (χ2v) is 12.1. The van der Waals surface area contributed by atoms with E-state index in [0.29, 0.717) is 29.9 Å². The number of methoxy groups -OCH3 is 1. The highest BCUT2D eigenvalue weighted by Gasteiger charge is 2.36. The van der Waals surface area contributed by atoms with E-state index >= 15 is 0 Å². The quantitative estimate of drug-likeness (QED) is 0.126. The molecule has 266 valence electrons. The van der Waals surface area contributed by atoms with Crippen molar-refractivity contribution in [1.29, 1.82) is 0 Å². The summed E-state index contributed by atoms with van der Waals surface area (Å²) in [4.78, 5) is 24.5. The Morgan fingerprint density at radius 3 is 1.57 bits per heavy atom. The highest BCUT2D eigenvalue weighted by molar-refractivity contribution is 5.91. The summed E-state index contributed by atoms with van der Waals surface area (Å²) < 4.78 is 16.4. The van der Waals surface area contributed by atoms with Crippen LogP contribution < -0.4 is 14.2 Å². The highest BCUT2D eigenvalue weighted by atomic mass is 16.5. The first-order chi connectivity index (χ1) is 21.8. The number of benzene rings is 4. The van der Waals surface area contributed by atoms with Crippen LogP contribution in [0.3, 0.4) is 0 Å². The van der Waals surface area contributed by atoms with Crippen LogP contribution in [0.5, 0.6) is 17.2 Å². The van der Waals surface area contributed by atoms with Crippen molar-refractivity contribution in [3.8, 4) is 17.2 Å². The fraction of sp³-hybridized carbons (Fsp3) is 0.395. The zero-order valence-electron chi connectivity index (χ0n) is 26.4. The number of rotatable bonds is 11. The topological polar surface area (TPSA) is 82.1 Å². The number of hydrogen-bond donors (Lipinski definition) is 1. The molecule has 0 heterocycles. The number of esters is 2. The van der Waals surface area contributed by atoms with Crippen molar-refractivity contribution in [2.75, 3.05) is 13.7 Å². The Bertz CT molecular complexity index is 1570. The molecule has 0 amide bonds. The zero-order chi connectivity index (χ0) is 31.9. The smallest absolute Gasteiger partial charge is 0.343 e. The van der Waals surface area contributed by atoms with Gasteiger partial charge in [-0.15, -0.1) is 0 Å². The molecular weight excluding hydrogens is 612 g/mol. The van der Waals surface area contributed by atoms with Crippen LogP contribution in [0, 0.1) is 0 Å². The van der Waals surface area contributed by atoms with E-state index < -0.39 is 11.4 Å². The maximum absolute atomic E-state index is 13.2. The average Bonchev–Trinajstić information content (AvgIpc) is 3.08. The van der Waals surface area contributed by atoms with Gasteiger partial charge in [-0.2, -0.15) is 0 Å². The van der Waals surface area contributed by atoms with Crippen LogP contribution in [0.1, 0.15) is 121 Å². The summed E-state index contributed by atoms with van der Waals surface area (Å²) >= 11 is 0. The molecule has 49 heavy (non-hydrogen) atoms. The summed E-state index contributed by atoms with van der Waals surface area (Å²) in [7, 11) is 1.68. The largest absolute Gasteiger partial charge is 0.497 e. The van der Waals surface area contributed by atoms with Crippen molar-refractivity contribution in [2.45, 2.75) is 99.3 Å². The number of hydrogen-bond acceptors (Lipinski definition) is 6. The standard InChI is InChI=1S/C39H42O6.4CH4/c1-28(41)44-35-20-12-30(13-21-35)38(2,24-7-27-40)31-14-22-36(23-15-31)45-37(42)29-8-10-32(11-9-29)39(25-5-4-6-26-39)33-16-18-34(43-3)19-17-33;;;;/h8-23,40H,4-7,24-27H2,1-3H3;4*1H4. The van der Waals surface area contributed by atoms with Gasteiger partial charge in [-0.1, -0.05) is 104 Å². The normalized spacial score (nSPS) is 14.2. The van der Waals surface area contributed by atoms with Crippen LogP contribution in [-0.2, 0) is 15.6 Å². The molecule has 1 unspecified atom stereocenters. The lowest BCUT2D eigenvalue weighted by molar-refractivity contribution is -0.131. The molecule has 0 aliphatic heterocycles. The monoisotopic (exact) mass is 670 g/mol. The van der Waals surface area contributed by atoms with Gasteiger partial charge in [-0.05, 0) is 96.5 Å². The van der Waals surface area contributed by atoms with Crippen LogP contribution in [0.2, 0.25) is 0 Å². The Kier molecular flexibility index (Phi) is 16.5. The van der Waals surface area contributed by atoms with Gasteiger partial charge in [0.15, 0.2) is 0 Å². The van der Waals surface area contributed by atoms with Gasteiger partial charge in [-0.3, -0.25) is 4.79 Å². The second kappa shape index (κ2) is 18.9. The molecule has 0 radical (unpaired) electrons. The molecule has 1 atom stereocenters. The number of aliphatic hydroxyl groups is 1. The van der Waals surface area contributed by atoms with Gasteiger partial charge >= 0.3 is 11.9 Å². The van der Waals surface area contributed by atoms with Crippen molar-refractivity contribution >= 4 is 11.9 Å². The number of ether oxygens (including phenoxy) is 3. The Morgan fingerprint density at radius 1 is 0.673 bits per heavy atom. The Balaban J connectivity index is 0.00000300. The maximum Gasteiger partial charge on any atom is 0.343 e. The van der Waals surface area contributed by atoms with E-state index in [0.717, 1.165) is 29.7 Å². The molecular formula is C43H58O6. The minimum Gasteiger partial charge on any atom is -0.497 e. The molecule has 6 heteroatoms. The SMILES string of the molecule is C.C.C.C.COc1ccc(C2(c3ccc(C(=O)Oc4ccc(C(C)(CCCO)c5ccc(OC(C)=O)cc5)cc4)cc3)CCCCC2)cc1. The molecule has 0 aromatic heterocycles. The predicted octanol–water partition coefficient (Wildman–Crippen LogP) is 10.7. The van der Waals surface area contributed by atoms with E-state index in [4.69, 9.17) is 14.2 Å². The van der Waals surface area contributed by atoms with Crippen LogP contribution in [0.15, 0.2) is 97.1 Å². The van der Waals surface area contributed by atoms with E-state index in [1.165, 1.54) is 37.3 Å². The summed E-state index contributed by atoms with van der Waals surface area (Å²) in [5.41, 5.74) is 4.57. The van der Waals surface area contributed by atoms with Gasteiger partial charge in [0.25, 0.3) is 0 Å². The maximum atomic E-state index is 13.2. The summed E-state index contributed by atoms with van der Waals surface area (Å²) in [5, 5.41) is 9.58. The molecule has 1 aliphatic carbocycles. The van der Waals surface area contributed by atoms with E-state index in [2.05, 4.69) is 31.2 Å². The van der Waals surface area contributed by atoms with Crippen molar-refractivity contribution in [2.24, 2.45) is 0 Å². The third-order valence-corrected chi connectivity index (χ3v) is 9.31. The predicted molar refractivity (Wildman–Crippen MR) is 202 cm³/mol. The fourth-order valence-corrected chi connectivity index (χ4v) is 6.74. The second-order valence-electron chi connectivity index (χ2n) is 12.1. The number of carbonyl (C=O) groups is 2. The molecule has 0 spiro atoms. The Hall–Kier alpha value is -4.42. The summed E-state index contributed by atoms with van der Waals surface area (Å²) in [6.45, 7) is 3.58. The highest BCUT2D eigenvalue weighted by Crippen LogP contribution is 2.45. The molecule has 1 fully saturated rings. The Labute approximate surface area is 295 Å². The van der Waals surface area contributed by atoms with Crippen LogP contribution >= 0.6 is 0 Å². The van der Waals surface area contributed by atoms with Gasteiger partial charge in [0.05, 0.1) is 12.7 Å². The first-order valence-corrected chi connectivity index (χ1v) is 15.7. The third kappa shape index (κ3) is 9.60. The van der Waals surface area contributed by atoms with Crippen molar-refractivity contribution in [1.82, 2.24) is 0 Å². The molecule has 0 bridgehead atoms. The number of carbonyl (C=O) groups excluding carboxylic acids is 2. The first kappa shape index (κ1) is 42.6. The van der Waals surface area contributed by atoms with E-state index in [1.807, 2.05) is 60.7 Å². The lowest BCUT2D eigenvalue weighted by Crippen LogP contribution is -2.30. The Morgan fingerprint density at radius 2 is 1.12 bits per heavy atom. The van der Waals surface area contributed by atoms with E-state index in [-0.39, 0.29) is 47.7 Å². The van der Waals surface area contributed by atoms with Crippen molar-refractivity contribution in [3.63, 3.8) is 0 Å². The molecule has 1 aliphatic rings. The molecule has 4 aromatic rings. The van der Waals surface area contributed by atoms with Crippen LogP contribution in [-0.4, -0.2) is 30.8 Å². The van der Waals surface area contributed by atoms with Gasteiger partial charge < -0.3 is 19.3 Å². The summed E-state index contributed by atoms with van der Waals surface area (Å²) in [5.74, 6) is 1.03. The minimum absolute atomic E-state index is 0. The zero-order valence-corrected chi connectivity index (χ0v) is 26.4. The molecule has 4 aromatic carbocycles. The molecule has 5 rings (SSSR count). The molecule has 1 saturated carbocycles. The van der Waals surface area contributed by atoms with Crippen molar-refractivity contribution < 1.29 is 28.9 Å². The molecule has 6 nitrogen and oxygen atoms in total. The first-order valence-electron chi connectivity index (χ1n) is 15.7. The summed E-state index contributed by atoms with van der Waals surface area (Å²) in [6.07, 6.45) is 7.06. The van der Waals surface area contributed by atoms with Crippen molar-refractivity contribution in [3.05, 3.63) is 125 Å². The van der Waals surface area contributed by atoms with E-state index in [9.17, 15) is 14.7 Å².